The monoisotopic (exact) mass is 351 g/mol. The lowest BCUT2D eigenvalue weighted by atomic mass is 10.1. The number of hydrogen-bond acceptors (Lipinski definition) is 5. The summed E-state index contributed by atoms with van der Waals surface area (Å²) >= 11 is 0. The number of carbonyl (C=O) groups is 1. The van der Waals surface area contributed by atoms with E-state index in [1.807, 2.05) is 13.8 Å². The third-order valence-corrected chi connectivity index (χ3v) is 3.60. The van der Waals surface area contributed by atoms with Crippen molar-refractivity contribution in [1.82, 2.24) is 10.3 Å². The van der Waals surface area contributed by atoms with E-state index in [1.165, 1.54) is 12.1 Å². The van der Waals surface area contributed by atoms with Crippen LogP contribution in [0.4, 0.5) is 5.69 Å². The zero-order chi connectivity index (χ0) is 18.7. The van der Waals surface area contributed by atoms with Crippen LogP contribution in [-0.2, 0) is 0 Å². The van der Waals surface area contributed by atoms with Crippen molar-refractivity contribution in [2.24, 2.45) is 0 Å². The number of nitrogens with zero attached hydrogens (tertiary/aromatic N) is 2. The molecule has 1 N–H and O–H groups in total. The van der Waals surface area contributed by atoms with Gasteiger partial charge in [-0.2, -0.15) is 0 Å². The van der Waals surface area contributed by atoms with Gasteiger partial charge in [0.25, 0.3) is 11.6 Å². The number of carbonyl (C=O) groups excluding carboxylic acids is 1. The molecule has 0 aliphatic rings. The zero-order valence-corrected chi connectivity index (χ0v) is 14.3. The normalized spacial score (nSPS) is 10.7. The number of rotatable bonds is 5. The fraction of sp³-hybridized carbons (Fsp3) is 0.158. The highest BCUT2D eigenvalue weighted by Gasteiger charge is 2.10. The molecule has 0 spiro atoms. The molecule has 0 radical (unpaired) electrons. The number of benzene rings is 2. The minimum Gasteiger partial charge on any atom is -0.439 e. The van der Waals surface area contributed by atoms with Crippen LogP contribution < -0.4 is 10.1 Å². The summed E-state index contributed by atoms with van der Waals surface area (Å²) in [4.78, 5) is 26.8. The van der Waals surface area contributed by atoms with Crippen LogP contribution in [0.2, 0.25) is 0 Å². The quantitative estimate of drug-likeness (QED) is 0.552. The fourth-order valence-corrected chi connectivity index (χ4v) is 2.43. The first-order valence-electron chi connectivity index (χ1n) is 8.06. The average Bonchev–Trinajstić information content (AvgIpc) is 2.61. The summed E-state index contributed by atoms with van der Waals surface area (Å²) in [6.07, 6.45) is 0. The molecule has 1 heterocycles. The Bertz CT molecular complexity index is 985. The van der Waals surface area contributed by atoms with Gasteiger partial charge in [-0.05, 0) is 44.2 Å². The Labute approximate surface area is 149 Å². The number of fused-ring (bicyclic) bond motifs is 1. The van der Waals surface area contributed by atoms with Crippen molar-refractivity contribution in [1.29, 1.82) is 0 Å². The largest absolute Gasteiger partial charge is 0.439 e. The Hall–Kier alpha value is -3.48. The van der Waals surface area contributed by atoms with Crippen molar-refractivity contribution in [2.45, 2.75) is 19.9 Å². The number of nitro groups is 1. The molecule has 0 aliphatic carbocycles. The summed E-state index contributed by atoms with van der Waals surface area (Å²) in [6.45, 7) is 3.80. The number of hydrogen-bond donors (Lipinski definition) is 1. The summed E-state index contributed by atoms with van der Waals surface area (Å²) in [5.41, 5.74) is 1.17. The molecule has 0 atom stereocenters. The maximum absolute atomic E-state index is 12.1. The summed E-state index contributed by atoms with van der Waals surface area (Å²) in [5.74, 6) is 0.509. The molecule has 0 unspecified atom stereocenters. The van der Waals surface area contributed by atoms with Gasteiger partial charge in [0, 0.05) is 29.1 Å². The Morgan fingerprint density at radius 2 is 1.96 bits per heavy atom. The minimum atomic E-state index is -0.482. The van der Waals surface area contributed by atoms with Crippen molar-refractivity contribution in [3.8, 4) is 11.6 Å². The Kier molecular flexibility index (Phi) is 4.79. The van der Waals surface area contributed by atoms with E-state index in [0.29, 0.717) is 22.7 Å². The fourth-order valence-electron chi connectivity index (χ4n) is 2.43. The average molecular weight is 351 g/mol. The Morgan fingerprint density at radius 1 is 1.15 bits per heavy atom. The highest BCUT2D eigenvalue weighted by molar-refractivity contribution is 5.98. The first-order chi connectivity index (χ1) is 12.4. The smallest absolute Gasteiger partial charge is 0.273 e. The topological polar surface area (TPSA) is 94.4 Å². The second-order valence-electron chi connectivity index (χ2n) is 6.04. The first-order valence-corrected chi connectivity index (χ1v) is 8.06. The molecule has 7 nitrogen and oxygen atoms in total. The van der Waals surface area contributed by atoms with Crippen LogP contribution in [0, 0.1) is 10.1 Å². The van der Waals surface area contributed by atoms with E-state index < -0.39 is 4.92 Å². The van der Waals surface area contributed by atoms with Gasteiger partial charge >= 0.3 is 0 Å². The Morgan fingerprint density at radius 3 is 2.69 bits per heavy atom. The van der Waals surface area contributed by atoms with Crippen molar-refractivity contribution in [3.63, 3.8) is 0 Å². The molecule has 0 saturated heterocycles. The molecule has 2 aromatic carbocycles. The van der Waals surface area contributed by atoms with Crippen LogP contribution in [0.25, 0.3) is 10.9 Å². The molecule has 1 amide bonds. The summed E-state index contributed by atoms with van der Waals surface area (Å²) < 4.78 is 5.61. The van der Waals surface area contributed by atoms with Gasteiger partial charge in [0.1, 0.15) is 5.75 Å². The third-order valence-electron chi connectivity index (χ3n) is 3.60. The molecule has 3 aromatic rings. The van der Waals surface area contributed by atoms with Crippen molar-refractivity contribution < 1.29 is 14.5 Å². The maximum Gasteiger partial charge on any atom is 0.273 e. The molecule has 26 heavy (non-hydrogen) atoms. The predicted molar refractivity (Wildman–Crippen MR) is 97.5 cm³/mol. The molecule has 132 valence electrons. The number of ether oxygens (including phenoxy) is 1. The van der Waals surface area contributed by atoms with Gasteiger partial charge in [0.2, 0.25) is 5.88 Å². The molecule has 0 saturated carbocycles. The highest BCUT2D eigenvalue weighted by atomic mass is 16.6. The van der Waals surface area contributed by atoms with E-state index >= 15 is 0 Å². The van der Waals surface area contributed by atoms with Gasteiger partial charge in [0.15, 0.2) is 0 Å². The third kappa shape index (κ3) is 3.94. The lowest BCUT2D eigenvalue weighted by Crippen LogP contribution is -2.29. The van der Waals surface area contributed by atoms with Gasteiger partial charge in [-0.1, -0.05) is 6.07 Å². The number of pyridine rings is 1. The second kappa shape index (κ2) is 7.18. The van der Waals surface area contributed by atoms with Crippen LogP contribution in [0.15, 0.2) is 54.6 Å². The Balaban J connectivity index is 1.84. The van der Waals surface area contributed by atoms with Gasteiger partial charge in [-0.15, -0.1) is 0 Å². The molecular formula is C19H17N3O4. The molecule has 0 bridgehead atoms. The standard InChI is InChI=1S/C19H17N3O4/c1-12(2)20-19(23)14-6-8-17-13(10-14)7-9-18(21-17)26-16-5-3-4-15(11-16)22(24)25/h3-12H,1-2H3,(H,20,23). The molecule has 0 aliphatic heterocycles. The number of nitrogens with one attached hydrogen (secondary N) is 1. The lowest BCUT2D eigenvalue weighted by molar-refractivity contribution is -0.384. The van der Waals surface area contributed by atoms with Crippen LogP contribution in [0.3, 0.4) is 0 Å². The second-order valence-corrected chi connectivity index (χ2v) is 6.04. The van der Waals surface area contributed by atoms with Crippen LogP contribution in [0.5, 0.6) is 11.6 Å². The molecular weight excluding hydrogens is 334 g/mol. The zero-order valence-electron chi connectivity index (χ0n) is 14.3. The van der Waals surface area contributed by atoms with E-state index in [9.17, 15) is 14.9 Å². The van der Waals surface area contributed by atoms with Crippen LogP contribution >= 0.6 is 0 Å². The van der Waals surface area contributed by atoms with Crippen molar-refractivity contribution in [3.05, 3.63) is 70.3 Å². The highest BCUT2D eigenvalue weighted by Crippen LogP contribution is 2.26. The molecule has 1 aromatic heterocycles. The van der Waals surface area contributed by atoms with Gasteiger partial charge in [-0.25, -0.2) is 4.98 Å². The predicted octanol–water partition coefficient (Wildman–Crippen LogP) is 4.07. The van der Waals surface area contributed by atoms with E-state index in [1.54, 1.807) is 42.5 Å². The van der Waals surface area contributed by atoms with E-state index in [4.69, 9.17) is 4.74 Å². The molecule has 3 rings (SSSR count). The number of nitro benzene ring substituents is 1. The molecule has 7 heteroatoms. The SMILES string of the molecule is CC(C)NC(=O)c1ccc2nc(Oc3cccc([N+](=O)[O-])c3)ccc2c1. The number of amides is 1. The van der Waals surface area contributed by atoms with Crippen molar-refractivity contribution in [2.75, 3.05) is 0 Å². The van der Waals surface area contributed by atoms with E-state index in [2.05, 4.69) is 10.3 Å². The first kappa shape index (κ1) is 17.3. The molecule has 0 fully saturated rings. The summed E-state index contributed by atoms with van der Waals surface area (Å²) in [6, 6.07) is 14.6. The summed E-state index contributed by atoms with van der Waals surface area (Å²) in [5, 5.41) is 14.5. The number of non-ortho nitro benzene ring substituents is 1. The number of aromatic nitrogens is 1. The lowest BCUT2D eigenvalue weighted by Gasteiger charge is -2.09. The van der Waals surface area contributed by atoms with Gasteiger partial charge in [-0.3, -0.25) is 14.9 Å². The van der Waals surface area contributed by atoms with Crippen LogP contribution in [-0.4, -0.2) is 21.9 Å². The van der Waals surface area contributed by atoms with E-state index in [0.717, 1.165) is 5.39 Å². The van der Waals surface area contributed by atoms with E-state index in [-0.39, 0.29) is 17.6 Å². The van der Waals surface area contributed by atoms with Gasteiger partial charge in [0.05, 0.1) is 16.5 Å². The summed E-state index contributed by atoms with van der Waals surface area (Å²) in [7, 11) is 0. The van der Waals surface area contributed by atoms with Crippen molar-refractivity contribution >= 4 is 22.5 Å². The maximum atomic E-state index is 12.1. The minimum absolute atomic E-state index is 0.0518. The van der Waals surface area contributed by atoms with Crippen LogP contribution in [0.1, 0.15) is 24.2 Å². The van der Waals surface area contributed by atoms with Gasteiger partial charge < -0.3 is 10.1 Å².